The van der Waals surface area contributed by atoms with Gasteiger partial charge < -0.3 is 20.6 Å². The molecular formula is C11H15NO3. The van der Waals surface area contributed by atoms with Crippen molar-refractivity contribution in [2.45, 2.75) is 25.3 Å². The van der Waals surface area contributed by atoms with Crippen molar-refractivity contribution in [3.63, 3.8) is 0 Å². The van der Waals surface area contributed by atoms with Crippen LogP contribution in [-0.4, -0.2) is 21.9 Å². The van der Waals surface area contributed by atoms with Crippen LogP contribution in [-0.2, 0) is 0 Å². The smallest absolute Gasteiger partial charge is 0.200 e. The maximum Gasteiger partial charge on any atom is 0.200 e. The molecule has 2 rings (SSSR count). The van der Waals surface area contributed by atoms with Gasteiger partial charge in [-0.15, -0.1) is 0 Å². The molecule has 4 N–H and O–H groups in total. The molecule has 0 saturated carbocycles. The molecule has 1 aromatic rings. The first-order valence-electron chi connectivity index (χ1n) is 5.17. The highest BCUT2D eigenvalue weighted by molar-refractivity contribution is 5.54. The Hall–Kier alpha value is -1.42. The Morgan fingerprint density at radius 1 is 1.07 bits per heavy atom. The summed E-state index contributed by atoms with van der Waals surface area (Å²) in [5, 5.41) is 31.5. The number of phenols is 3. The van der Waals surface area contributed by atoms with E-state index in [0.717, 1.165) is 25.8 Å². The number of aromatic hydroxyl groups is 3. The van der Waals surface area contributed by atoms with Crippen molar-refractivity contribution < 1.29 is 15.3 Å². The summed E-state index contributed by atoms with van der Waals surface area (Å²) in [5.74, 6) is -0.929. The van der Waals surface area contributed by atoms with Gasteiger partial charge in [-0.3, -0.25) is 0 Å². The lowest BCUT2D eigenvalue weighted by Gasteiger charge is -2.24. The molecule has 1 heterocycles. The molecule has 0 aromatic heterocycles. The highest BCUT2D eigenvalue weighted by Gasteiger charge is 2.20. The third-order valence-corrected chi connectivity index (χ3v) is 2.85. The van der Waals surface area contributed by atoms with Gasteiger partial charge in [-0.05, 0) is 31.5 Å². The Labute approximate surface area is 88.2 Å². The van der Waals surface area contributed by atoms with E-state index in [1.165, 1.54) is 6.07 Å². The molecule has 1 fully saturated rings. The Balaban J connectivity index is 2.31. The first-order chi connectivity index (χ1) is 7.20. The van der Waals surface area contributed by atoms with Crippen molar-refractivity contribution in [1.82, 2.24) is 5.32 Å². The number of phenolic OH excluding ortho intramolecular Hbond substituents is 3. The molecule has 0 bridgehead atoms. The maximum atomic E-state index is 9.68. The van der Waals surface area contributed by atoms with Crippen LogP contribution in [0.5, 0.6) is 17.2 Å². The van der Waals surface area contributed by atoms with E-state index in [2.05, 4.69) is 5.32 Å². The van der Waals surface area contributed by atoms with Crippen LogP contribution in [0.2, 0.25) is 0 Å². The predicted octanol–water partition coefficient (Wildman–Crippen LogP) is 1.62. The van der Waals surface area contributed by atoms with Crippen LogP contribution >= 0.6 is 0 Å². The summed E-state index contributed by atoms with van der Waals surface area (Å²) in [7, 11) is 0. The van der Waals surface area contributed by atoms with Crippen LogP contribution in [0.3, 0.4) is 0 Å². The summed E-state index contributed by atoms with van der Waals surface area (Å²) >= 11 is 0. The zero-order chi connectivity index (χ0) is 10.8. The molecule has 1 saturated heterocycles. The van der Waals surface area contributed by atoms with Gasteiger partial charge >= 0.3 is 0 Å². The van der Waals surface area contributed by atoms with Gasteiger partial charge in [-0.25, -0.2) is 0 Å². The highest BCUT2D eigenvalue weighted by Crippen LogP contribution is 2.41. The fraction of sp³-hybridized carbons (Fsp3) is 0.455. The van der Waals surface area contributed by atoms with Gasteiger partial charge in [-0.1, -0.05) is 6.42 Å². The number of hydrogen-bond donors (Lipinski definition) is 4. The molecule has 0 aliphatic carbocycles. The Morgan fingerprint density at radius 3 is 2.53 bits per heavy atom. The summed E-state index contributed by atoms with van der Waals surface area (Å²) in [4.78, 5) is 0. The third-order valence-electron chi connectivity index (χ3n) is 2.85. The molecule has 1 aromatic carbocycles. The molecule has 4 nitrogen and oxygen atoms in total. The van der Waals surface area contributed by atoms with E-state index >= 15 is 0 Å². The topological polar surface area (TPSA) is 72.7 Å². The second-order valence-corrected chi connectivity index (χ2v) is 3.87. The monoisotopic (exact) mass is 209 g/mol. The average Bonchev–Trinajstić information content (AvgIpc) is 2.27. The van der Waals surface area contributed by atoms with E-state index < -0.39 is 5.75 Å². The normalized spacial score (nSPS) is 21.5. The molecule has 4 heteroatoms. The van der Waals surface area contributed by atoms with Gasteiger partial charge in [0.05, 0.1) is 0 Å². The summed E-state index contributed by atoms with van der Waals surface area (Å²) in [6.07, 6.45) is 3.19. The van der Waals surface area contributed by atoms with Crippen LogP contribution in [0.25, 0.3) is 0 Å². The second-order valence-electron chi connectivity index (χ2n) is 3.87. The van der Waals surface area contributed by atoms with Gasteiger partial charge in [-0.2, -0.15) is 0 Å². The van der Waals surface area contributed by atoms with E-state index in [4.69, 9.17) is 0 Å². The molecule has 0 amide bonds. The third kappa shape index (κ3) is 1.85. The zero-order valence-corrected chi connectivity index (χ0v) is 8.40. The number of piperidine rings is 1. The van der Waals surface area contributed by atoms with Crippen molar-refractivity contribution in [2.75, 3.05) is 6.54 Å². The van der Waals surface area contributed by atoms with Crippen LogP contribution in [0.15, 0.2) is 12.1 Å². The van der Waals surface area contributed by atoms with E-state index in [0.29, 0.717) is 5.56 Å². The lowest BCUT2D eigenvalue weighted by Crippen LogP contribution is -2.26. The lowest BCUT2D eigenvalue weighted by atomic mass is 9.96. The minimum atomic E-state index is -0.431. The number of nitrogens with one attached hydrogen (secondary N) is 1. The molecular weight excluding hydrogens is 194 g/mol. The molecule has 1 aliphatic heterocycles. The maximum absolute atomic E-state index is 9.68. The summed E-state index contributed by atoms with van der Waals surface area (Å²) in [6.45, 7) is 0.922. The molecule has 0 radical (unpaired) electrons. The minimum absolute atomic E-state index is 0.0743. The first kappa shape index (κ1) is 10.1. The van der Waals surface area contributed by atoms with E-state index in [9.17, 15) is 15.3 Å². The number of rotatable bonds is 1. The Bertz CT molecular complexity index is 359. The van der Waals surface area contributed by atoms with Crippen molar-refractivity contribution >= 4 is 0 Å². The average molecular weight is 209 g/mol. The summed E-state index contributed by atoms with van der Waals surface area (Å²) in [6, 6.07) is 3.12. The number of hydrogen-bond acceptors (Lipinski definition) is 4. The molecule has 1 unspecified atom stereocenters. The summed E-state index contributed by atoms with van der Waals surface area (Å²) < 4.78 is 0. The standard InChI is InChI=1S/C11H15NO3/c13-9-5-4-7(10(14)11(9)15)8-3-1-2-6-12-8/h4-5,8,12-15H,1-3,6H2. The van der Waals surface area contributed by atoms with E-state index in [1.807, 2.05) is 0 Å². The predicted molar refractivity (Wildman–Crippen MR) is 56.0 cm³/mol. The SMILES string of the molecule is Oc1ccc(C2CCCCN2)c(O)c1O. The lowest BCUT2D eigenvalue weighted by molar-refractivity contribution is 0.350. The van der Waals surface area contributed by atoms with Crippen molar-refractivity contribution in [1.29, 1.82) is 0 Å². The first-order valence-corrected chi connectivity index (χ1v) is 5.17. The van der Waals surface area contributed by atoms with Gasteiger partial charge in [0.25, 0.3) is 0 Å². The largest absolute Gasteiger partial charge is 0.504 e. The molecule has 1 atom stereocenters. The fourth-order valence-electron chi connectivity index (χ4n) is 1.98. The summed E-state index contributed by atoms with van der Waals surface area (Å²) in [5.41, 5.74) is 0.657. The van der Waals surface area contributed by atoms with Gasteiger partial charge in [0.15, 0.2) is 11.5 Å². The van der Waals surface area contributed by atoms with Gasteiger partial charge in [0, 0.05) is 11.6 Å². The quantitative estimate of drug-likeness (QED) is 0.530. The number of benzene rings is 1. The zero-order valence-electron chi connectivity index (χ0n) is 8.40. The van der Waals surface area contributed by atoms with Crippen LogP contribution < -0.4 is 5.32 Å². The van der Waals surface area contributed by atoms with Crippen molar-refractivity contribution in [3.8, 4) is 17.2 Å². The van der Waals surface area contributed by atoms with Crippen molar-refractivity contribution in [2.24, 2.45) is 0 Å². The molecule has 0 spiro atoms. The van der Waals surface area contributed by atoms with Crippen LogP contribution in [0.1, 0.15) is 30.9 Å². The van der Waals surface area contributed by atoms with Crippen LogP contribution in [0, 0.1) is 0 Å². The minimum Gasteiger partial charge on any atom is -0.504 e. The molecule has 15 heavy (non-hydrogen) atoms. The molecule has 82 valence electrons. The van der Waals surface area contributed by atoms with Gasteiger partial charge in [0.1, 0.15) is 0 Å². The van der Waals surface area contributed by atoms with Gasteiger partial charge in [0.2, 0.25) is 5.75 Å². The van der Waals surface area contributed by atoms with E-state index in [-0.39, 0.29) is 17.5 Å². The Morgan fingerprint density at radius 2 is 1.87 bits per heavy atom. The Kier molecular flexibility index (Phi) is 2.68. The fourth-order valence-corrected chi connectivity index (χ4v) is 1.98. The van der Waals surface area contributed by atoms with Crippen molar-refractivity contribution in [3.05, 3.63) is 17.7 Å². The van der Waals surface area contributed by atoms with E-state index in [1.54, 1.807) is 6.07 Å². The molecule has 1 aliphatic rings. The highest BCUT2D eigenvalue weighted by atomic mass is 16.3. The second kappa shape index (κ2) is 3.98. The van der Waals surface area contributed by atoms with Crippen LogP contribution in [0.4, 0.5) is 0 Å².